The highest BCUT2D eigenvalue weighted by molar-refractivity contribution is 7.99. The van der Waals surface area contributed by atoms with Crippen LogP contribution in [0.1, 0.15) is 11.7 Å². The number of ether oxygens (including phenoxy) is 1. The highest BCUT2D eigenvalue weighted by Crippen LogP contribution is 2.38. The summed E-state index contributed by atoms with van der Waals surface area (Å²) in [5.41, 5.74) is -0.275. The quantitative estimate of drug-likeness (QED) is 0.498. The SMILES string of the molecule is N#Cc1ncc(S[C@H]2O[C@H](CO)[C@H](O)[C@H](n3cc(-c4nccs4)nn3)[C@H]2O)cc1Cl. The summed E-state index contributed by atoms with van der Waals surface area (Å²) in [6, 6.07) is 2.50. The van der Waals surface area contributed by atoms with Crippen molar-refractivity contribution in [2.75, 3.05) is 6.61 Å². The number of hydrogen-bond donors (Lipinski definition) is 3. The number of thiazole rings is 1. The average molecular weight is 467 g/mol. The molecule has 3 aromatic heterocycles. The molecule has 3 N–H and O–H groups in total. The number of aliphatic hydroxyl groups is 3. The van der Waals surface area contributed by atoms with Gasteiger partial charge in [-0.25, -0.2) is 14.6 Å². The molecule has 3 aromatic rings. The Kier molecular flexibility index (Phi) is 6.30. The molecule has 30 heavy (non-hydrogen) atoms. The van der Waals surface area contributed by atoms with Crippen LogP contribution in [0, 0.1) is 11.3 Å². The van der Waals surface area contributed by atoms with E-state index in [2.05, 4.69) is 20.3 Å². The van der Waals surface area contributed by atoms with Crippen molar-refractivity contribution in [3.05, 3.63) is 40.8 Å². The summed E-state index contributed by atoms with van der Waals surface area (Å²) in [6.45, 7) is -0.456. The number of pyridine rings is 1. The molecule has 0 radical (unpaired) electrons. The molecule has 0 aromatic carbocycles. The van der Waals surface area contributed by atoms with Crippen molar-refractivity contribution in [1.82, 2.24) is 25.0 Å². The lowest BCUT2D eigenvalue weighted by molar-refractivity contribution is -0.178. The van der Waals surface area contributed by atoms with Crippen LogP contribution in [0.25, 0.3) is 10.7 Å². The van der Waals surface area contributed by atoms with Crippen LogP contribution in [0.2, 0.25) is 5.02 Å². The van der Waals surface area contributed by atoms with Gasteiger partial charge < -0.3 is 20.1 Å². The topological polar surface area (TPSA) is 150 Å². The molecule has 1 saturated heterocycles. The largest absolute Gasteiger partial charge is 0.394 e. The molecule has 1 fully saturated rings. The van der Waals surface area contributed by atoms with Crippen LogP contribution in [-0.4, -0.2) is 70.6 Å². The second-order valence-electron chi connectivity index (χ2n) is 6.35. The van der Waals surface area contributed by atoms with Crippen LogP contribution in [0.15, 0.2) is 34.9 Å². The van der Waals surface area contributed by atoms with Crippen molar-refractivity contribution < 1.29 is 20.1 Å². The van der Waals surface area contributed by atoms with Gasteiger partial charge >= 0.3 is 0 Å². The van der Waals surface area contributed by atoms with Gasteiger partial charge in [0.15, 0.2) is 5.69 Å². The smallest absolute Gasteiger partial charge is 0.159 e. The fourth-order valence-electron chi connectivity index (χ4n) is 3.05. The zero-order chi connectivity index (χ0) is 21.3. The molecule has 0 aliphatic carbocycles. The summed E-state index contributed by atoms with van der Waals surface area (Å²) in [7, 11) is 0. The lowest BCUT2D eigenvalue weighted by Gasteiger charge is -2.41. The van der Waals surface area contributed by atoms with Gasteiger partial charge in [-0.05, 0) is 6.07 Å². The van der Waals surface area contributed by atoms with E-state index in [1.54, 1.807) is 17.8 Å². The molecule has 13 heteroatoms. The predicted molar refractivity (Wildman–Crippen MR) is 108 cm³/mol. The molecular formula is C17H15ClN6O4S2. The standard InChI is InChI=1S/C17H15ClN6O4S2/c18-9-3-8(5-21-10(9)4-19)30-17-15(27)13(14(26)12(7-25)28-17)24-6-11(22-23-24)16-20-1-2-29-16/h1-3,5-6,12-15,17,25-27H,7H2/t12-,13+,14+,15-,17-/m1/s1. The Balaban J connectivity index is 1.60. The third kappa shape index (κ3) is 4.06. The summed E-state index contributed by atoms with van der Waals surface area (Å²) in [6.07, 6.45) is 1.28. The minimum atomic E-state index is -1.23. The number of rotatable bonds is 5. The van der Waals surface area contributed by atoms with Gasteiger partial charge in [0.25, 0.3) is 0 Å². The number of nitriles is 1. The molecule has 0 unspecified atom stereocenters. The van der Waals surface area contributed by atoms with E-state index in [9.17, 15) is 15.3 Å². The maximum atomic E-state index is 10.9. The first-order valence-corrected chi connectivity index (χ1v) is 10.8. The van der Waals surface area contributed by atoms with Gasteiger partial charge in [0.2, 0.25) is 0 Å². The minimum absolute atomic E-state index is 0.0880. The van der Waals surface area contributed by atoms with Gasteiger partial charge in [-0.2, -0.15) is 5.26 Å². The zero-order valence-electron chi connectivity index (χ0n) is 15.1. The van der Waals surface area contributed by atoms with Crippen LogP contribution >= 0.6 is 34.7 Å². The Hall–Kier alpha value is -2.11. The highest BCUT2D eigenvalue weighted by atomic mass is 35.5. The molecule has 0 bridgehead atoms. The summed E-state index contributed by atoms with van der Waals surface area (Å²) < 4.78 is 7.05. The van der Waals surface area contributed by atoms with Crippen molar-refractivity contribution in [3.63, 3.8) is 0 Å². The maximum Gasteiger partial charge on any atom is 0.159 e. The molecule has 10 nitrogen and oxygen atoms in total. The second kappa shape index (κ2) is 8.94. The second-order valence-corrected chi connectivity index (χ2v) is 8.82. The van der Waals surface area contributed by atoms with Gasteiger partial charge in [-0.3, -0.25) is 0 Å². The van der Waals surface area contributed by atoms with Gasteiger partial charge in [-0.15, -0.1) is 16.4 Å². The van der Waals surface area contributed by atoms with E-state index in [1.807, 2.05) is 6.07 Å². The fourth-order valence-corrected chi connectivity index (χ4v) is 4.98. The van der Waals surface area contributed by atoms with Gasteiger partial charge in [-0.1, -0.05) is 28.6 Å². The van der Waals surface area contributed by atoms with Crippen molar-refractivity contribution in [3.8, 4) is 16.8 Å². The lowest BCUT2D eigenvalue weighted by atomic mass is 9.97. The highest BCUT2D eigenvalue weighted by Gasteiger charge is 2.46. The average Bonchev–Trinajstić information content (AvgIpc) is 3.42. The van der Waals surface area contributed by atoms with Crippen molar-refractivity contribution in [1.29, 1.82) is 5.26 Å². The van der Waals surface area contributed by atoms with Gasteiger partial charge in [0, 0.05) is 22.7 Å². The van der Waals surface area contributed by atoms with Gasteiger partial charge in [0.1, 0.15) is 46.6 Å². The third-order valence-corrected chi connectivity index (χ3v) is 6.69. The predicted octanol–water partition coefficient (Wildman–Crippen LogP) is 1.09. The summed E-state index contributed by atoms with van der Waals surface area (Å²) >= 11 is 8.52. The molecule has 1 aliphatic rings. The van der Waals surface area contributed by atoms with Crippen LogP contribution in [0.4, 0.5) is 0 Å². The van der Waals surface area contributed by atoms with E-state index < -0.39 is 36.4 Å². The van der Waals surface area contributed by atoms with Crippen molar-refractivity contribution in [2.24, 2.45) is 0 Å². The number of nitrogens with zero attached hydrogens (tertiary/aromatic N) is 6. The van der Waals surface area contributed by atoms with Crippen LogP contribution in [0.5, 0.6) is 0 Å². The molecule has 0 spiro atoms. The van der Waals surface area contributed by atoms with Crippen LogP contribution in [-0.2, 0) is 4.74 Å². The molecule has 4 heterocycles. The van der Waals surface area contributed by atoms with E-state index in [0.29, 0.717) is 15.6 Å². The first kappa shape index (κ1) is 21.1. The Labute approximate surface area is 183 Å². The third-order valence-electron chi connectivity index (χ3n) is 4.49. The monoisotopic (exact) mass is 466 g/mol. The van der Waals surface area contributed by atoms with E-state index in [0.717, 1.165) is 11.8 Å². The molecule has 156 valence electrons. The maximum absolute atomic E-state index is 10.9. The zero-order valence-corrected chi connectivity index (χ0v) is 17.5. The Morgan fingerprint density at radius 1 is 1.33 bits per heavy atom. The number of halogens is 1. The first-order chi connectivity index (χ1) is 14.5. The summed E-state index contributed by atoms with van der Waals surface area (Å²) in [4.78, 5) is 8.69. The van der Waals surface area contributed by atoms with Crippen molar-refractivity contribution >= 4 is 34.7 Å². The van der Waals surface area contributed by atoms with E-state index >= 15 is 0 Å². The normalized spacial score (nSPS) is 26.4. The minimum Gasteiger partial charge on any atom is -0.394 e. The molecular weight excluding hydrogens is 452 g/mol. The van der Waals surface area contributed by atoms with E-state index in [1.165, 1.54) is 28.3 Å². The van der Waals surface area contributed by atoms with Gasteiger partial charge in [0.05, 0.1) is 17.8 Å². The molecule has 1 aliphatic heterocycles. The Bertz CT molecular complexity index is 1060. The summed E-state index contributed by atoms with van der Waals surface area (Å²) in [5, 5.41) is 51.0. The molecule has 4 rings (SSSR count). The number of hydrogen-bond acceptors (Lipinski definition) is 11. The number of aromatic nitrogens is 5. The lowest BCUT2D eigenvalue weighted by Crippen LogP contribution is -2.55. The van der Waals surface area contributed by atoms with E-state index in [4.69, 9.17) is 21.6 Å². The fraction of sp³-hybridized carbons (Fsp3) is 0.353. The Morgan fingerprint density at radius 3 is 2.83 bits per heavy atom. The van der Waals surface area contributed by atoms with E-state index in [-0.39, 0.29) is 10.7 Å². The van der Waals surface area contributed by atoms with Crippen molar-refractivity contribution in [2.45, 2.75) is 34.7 Å². The van der Waals surface area contributed by atoms with Crippen LogP contribution < -0.4 is 0 Å². The summed E-state index contributed by atoms with van der Waals surface area (Å²) in [5.74, 6) is 0. The molecule has 0 saturated carbocycles. The molecule has 0 amide bonds. The number of aliphatic hydroxyl groups excluding tert-OH is 3. The molecule has 5 atom stereocenters. The van der Waals surface area contributed by atoms with Crippen LogP contribution in [0.3, 0.4) is 0 Å². The first-order valence-electron chi connectivity index (χ1n) is 8.68. The Morgan fingerprint density at radius 2 is 2.17 bits per heavy atom. The number of thioether (sulfide) groups is 1.